The number of ether oxygens (including phenoxy) is 1. The van der Waals surface area contributed by atoms with E-state index < -0.39 is 11.3 Å². The number of benzene rings is 2. The van der Waals surface area contributed by atoms with Crippen molar-refractivity contribution in [2.24, 2.45) is 5.41 Å². The molecule has 0 saturated heterocycles. The number of fused-ring (bicyclic) bond motifs is 1. The third kappa shape index (κ3) is 4.83. The number of pyridine rings is 1. The lowest BCUT2D eigenvalue weighted by atomic mass is 9.87. The van der Waals surface area contributed by atoms with E-state index in [0.29, 0.717) is 38.0 Å². The Morgan fingerprint density at radius 1 is 1.05 bits per heavy atom. The van der Waals surface area contributed by atoms with Gasteiger partial charge in [-0.3, -0.25) is 14.7 Å². The van der Waals surface area contributed by atoms with Crippen LogP contribution in [0.3, 0.4) is 0 Å². The van der Waals surface area contributed by atoms with Crippen molar-refractivity contribution in [1.82, 2.24) is 9.88 Å². The Labute approximate surface area is 231 Å². The van der Waals surface area contributed by atoms with Gasteiger partial charge in [-0.2, -0.15) is 0 Å². The van der Waals surface area contributed by atoms with Crippen molar-refractivity contribution in [3.05, 3.63) is 98.8 Å². The Kier molecular flexibility index (Phi) is 7.28. The van der Waals surface area contributed by atoms with Crippen LogP contribution in [0.25, 0.3) is 0 Å². The molecule has 3 aromatic rings. The molecule has 0 radical (unpaired) electrons. The Morgan fingerprint density at radius 2 is 1.76 bits per heavy atom. The summed E-state index contributed by atoms with van der Waals surface area (Å²) in [5.74, 6) is -0.290. The van der Waals surface area contributed by atoms with Crippen molar-refractivity contribution in [3.63, 3.8) is 0 Å². The predicted molar refractivity (Wildman–Crippen MR) is 144 cm³/mol. The smallest absolute Gasteiger partial charge is 0.257 e. The molecule has 7 nitrogen and oxygen atoms in total. The van der Waals surface area contributed by atoms with Crippen molar-refractivity contribution >= 4 is 29.1 Å². The first kappa shape index (κ1) is 27.1. The minimum Gasteiger partial charge on any atom is -0.396 e. The van der Waals surface area contributed by atoms with Gasteiger partial charge in [-0.15, -0.1) is 0 Å². The largest absolute Gasteiger partial charge is 0.396 e. The molecule has 38 heavy (non-hydrogen) atoms. The van der Waals surface area contributed by atoms with Gasteiger partial charge in [-0.1, -0.05) is 47.5 Å². The van der Waals surface area contributed by atoms with Gasteiger partial charge in [-0.05, 0) is 55.7 Å². The first-order valence-electron chi connectivity index (χ1n) is 12.6. The van der Waals surface area contributed by atoms with Crippen molar-refractivity contribution in [2.75, 3.05) is 19.8 Å². The molecular formula is C29H30Cl2N2O5. The number of aliphatic hydroxyl groups is 3. The number of aliphatic hydroxyl groups excluding tert-OH is 2. The van der Waals surface area contributed by atoms with Crippen LogP contribution < -0.4 is 0 Å². The highest BCUT2D eigenvalue weighted by atomic mass is 35.5. The number of carbonyl (C=O) groups is 1. The van der Waals surface area contributed by atoms with Crippen LogP contribution in [-0.4, -0.2) is 50.9 Å². The van der Waals surface area contributed by atoms with Crippen molar-refractivity contribution in [1.29, 1.82) is 0 Å². The van der Waals surface area contributed by atoms with Crippen LogP contribution in [0, 0.1) is 5.41 Å². The van der Waals surface area contributed by atoms with Gasteiger partial charge in [0.05, 0.1) is 36.1 Å². The predicted octanol–water partition coefficient (Wildman–Crippen LogP) is 4.62. The van der Waals surface area contributed by atoms with Crippen LogP contribution in [0.1, 0.15) is 58.9 Å². The topological polar surface area (TPSA) is 103 Å². The summed E-state index contributed by atoms with van der Waals surface area (Å²) in [6, 6.07) is 15.9. The SMILES string of the molecule is CC(O)(CCO)c1ccc2c(c1)C(=O)N(Cc1ccc(Cl)cn1)[C@@]2(OCC1(CO)CC1)c1ccc(Cl)cc1. The van der Waals surface area contributed by atoms with Crippen LogP contribution in [0.4, 0.5) is 0 Å². The highest BCUT2D eigenvalue weighted by molar-refractivity contribution is 6.30. The monoisotopic (exact) mass is 556 g/mol. The maximum Gasteiger partial charge on any atom is 0.257 e. The van der Waals surface area contributed by atoms with E-state index in [4.69, 9.17) is 27.9 Å². The Balaban J connectivity index is 1.69. The van der Waals surface area contributed by atoms with E-state index in [-0.39, 0.29) is 44.1 Å². The van der Waals surface area contributed by atoms with Crippen LogP contribution in [0.5, 0.6) is 0 Å². The van der Waals surface area contributed by atoms with Crippen LogP contribution >= 0.6 is 23.2 Å². The van der Waals surface area contributed by atoms with E-state index in [9.17, 15) is 20.1 Å². The molecule has 3 N–H and O–H groups in total. The molecule has 2 aliphatic rings. The average molecular weight is 557 g/mol. The minimum atomic E-state index is -1.33. The van der Waals surface area contributed by atoms with Gasteiger partial charge >= 0.3 is 0 Å². The molecule has 1 unspecified atom stereocenters. The molecule has 0 spiro atoms. The molecule has 9 heteroatoms. The lowest BCUT2D eigenvalue weighted by Gasteiger charge is -2.40. The van der Waals surface area contributed by atoms with Gasteiger partial charge in [0.2, 0.25) is 0 Å². The van der Waals surface area contributed by atoms with E-state index in [1.54, 1.807) is 54.3 Å². The van der Waals surface area contributed by atoms with Crippen molar-refractivity contribution in [2.45, 2.75) is 44.1 Å². The molecule has 2 heterocycles. The third-order valence-corrected chi connectivity index (χ3v) is 8.16. The number of amides is 1. The third-order valence-electron chi connectivity index (χ3n) is 7.68. The van der Waals surface area contributed by atoms with E-state index in [1.807, 2.05) is 12.1 Å². The first-order chi connectivity index (χ1) is 18.1. The summed E-state index contributed by atoms with van der Waals surface area (Å²) in [6.45, 7) is 1.77. The van der Waals surface area contributed by atoms with Crippen LogP contribution in [0.15, 0.2) is 60.8 Å². The summed E-state index contributed by atoms with van der Waals surface area (Å²) < 4.78 is 6.76. The lowest BCUT2D eigenvalue weighted by molar-refractivity contribution is -0.129. The molecule has 2 atom stereocenters. The van der Waals surface area contributed by atoms with E-state index in [0.717, 1.165) is 12.8 Å². The van der Waals surface area contributed by atoms with Gasteiger partial charge < -0.3 is 20.1 Å². The number of hydrogen-bond donors (Lipinski definition) is 3. The fourth-order valence-electron chi connectivity index (χ4n) is 5.00. The fourth-order valence-corrected chi connectivity index (χ4v) is 5.24. The fraction of sp³-hybridized carbons (Fsp3) is 0.379. The highest BCUT2D eigenvalue weighted by Crippen LogP contribution is 2.51. The zero-order chi connectivity index (χ0) is 27.1. The number of halogens is 2. The Hall–Kier alpha value is -2.52. The zero-order valence-electron chi connectivity index (χ0n) is 21.0. The minimum absolute atomic E-state index is 0.00773. The van der Waals surface area contributed by atoms with E-state index >= 15 is 0 Å². The van der Waals surface area contributed by atoms with E-state index in [2.05, 4.69) is 4.98 Å². The second-order valence-corrected chi connectivity index (χ2v) is 11.3. The Morgan fingerprint density at radius 3 is 2.37 bits per heavy atom. The summed E-state index contributed by atoms with van der Waals surface area (Å²) >= 11 is 12.3. The van der Waals surface area contributed by atoms with Crippen molar-refractivity contribution in [3.8, 4) is 0 Å². The maximum absolute atomic E-state index is 14.2. The summed E-state index contributed by atoms with van der Waals surface area (Å²) in [6.07, 6.45) is 3.33. The molecule has 1 aliphatic heterocycles. The first-order valence-corrected chi connectivity index (χ1v) is 13.3. The average Bonchev–Trinajstić information content (AvgIpc) is 3.66. The molecule has 0 bridgehead atoms. The number of nitrogens with zero attached hydrogens (tertiary/aromatic N) is 2. The summed E-state index contributed by atoms with van der Waals surface area (Å²) in [5.41, 5.74) is -0.156. The van der Waals surface area contributed by atoms with Gasteiger partial charge in [0, 0.05) is 46.4 Å². The van der Waals surface area contributed by atoms with Gasteiger partial charge in [-0.25, -0.2) is 0 Å². The standard InChI is InChI=1S/C29H30Cl2N2O5/c1-27(37,12-13-34)20-4-9-25-24(14-20)26(36)33(16-23-8-7-22(31)15-32-23)29(25,19-2-5-21(30)6-3-19)38-18-28(17-35)10-11-28/h2-9,14-15,34-35,37H,10-13,16-18H2,1H3/t27?,29-/m1/s1. The Bertz CT molecular complexity index is 1330. The lowest BCUT2D eigenvalue weighted by Crippen LogP contribution is -2.47. The number of aromatic nitrogens is 1. The van der Waals surface area contributed by atoms with Crippen LogP contribution in [0.2, 0.25) is 10.0 Å². The maximum atomic E-state index is 14.2. The van der Waals surface area contributed by atoms with Crippen molar-refractivity contribution < 1.29 is 24.9 Å². The number of carbonyl (C=O) groups excluding carboxylic acids is 1. The summed E-state index contributed by atoms with van der Waals surface area (Å²) in [7, 11) is 0. The molecular weight excluding hydrogens is 527 g/mol. The molecule has 1 aromatic heterocycles. The number of hydrogen-bond acceptors (Lipinski definition) is 6. The quantitative estimate of drug-likeness (QED) is 0.336. The summed E-state index contributed by atoms with van der Waals surface area (Å²) in [5, 5.41) is 31.5. The molecule has 1 amide bonds. The number of rotatable bonds is 10. The van der Waals surface area contributed by atoms with E-state index in [1.165, 1.54) is 6.20 Å². The molecule has 1 aliphatic carbocycles. The highest BCUT2D eigenvalue weighted by Gasteiger charge is 2.55. The molecule has 1 fully saturated rings. The zero-order valence-corrected chi connectivity index (χ0v) is 22.5. The second kappa shape index (κ2) is 10.2. The second-order valence-electron chi connectivity index (χ2n) is 10.5. The van der Waals surface area contributed by atoms with Crippen LogP contribution in [-0.2, 0) is 22.6 Å². The molecule has 5 rings (SSSR count). The molecule has 1 saturated carbocycles. The normalized spacial score (nSPS) is 21.3. The molecule has 200 valence electrons. The molecule has 2 aromatic carbocycles. The van der Waals surface area contributed by atoms with Gasteiger partial charge in [0.25, 0.3) is 5.91 Å². The van der Waals surface area contributed by atoms with Gasteiger partial charge in [0.1, 0.15) is 0 Å². The summed E-state index contributed by atoms with van der Waals surface area (Å²) in [4.78, 5) is 20.2. The van der Waals surface area contributed by atoms with Gasteiger partial charge in [0.15, 0.2) is 5.72 Å².